The van der Waals surface area contributed by atoms with E-state index < -0.39 is 5.97 Å². The van der Waals surface area contributed by atoms with E-state index in [-0.39, 0.29) is 18.5 Å². The molecule has 2 heterocycles. The van der Waals surface area contributed by atoms with Crippen molar-refractivity contribution in [2.24, 2.45) is 0 Å². The molecule has 0 aliphatic rings. The van der Waals surface area contributed by atoms with E-state index in [1.165, 1.54) is 10.8 Å². The highest BCUT2D eigenvalue weighted by Gasteiger charge is 2.22. The maximum absolute atomic E-state index is 12.6. The van der Waals surface area contributed by atoms with Crippen LogP contribution < -0.4 is 16.4 Å². The van der Waals surface area contributed by atoms with Gasteiger partial charge in [-0.15, -0.1) is 0 Å². The van der Waals surface area contributed by atoms with Gasteiger partial charge in [0.1, 0.15) is 11.8 Å². The number of aromatic nitrogens is 3. The third-order valence-electron chi connectivity index (χ3n) is 5.01. The zero-order chi connectivity index (χ0) is 23.5. The van der Waals surface area contributed by atoms with Crippen molar-refractivity contribution in [1.29, 1.82) is 0 Å². The molecule has 2 amide bonds. The van der Waals surface area contributed by atoms with Gasteiger partial charge in [0.15, 0.2) is 5.82 Å². The zero-order valence-corrected chi connectivity index (χ0v) is 18.5. The number of aryl methyl sites for hydroxylation is 2. The van der Waals surface area contributed by atoms with E-state index in [4.69, 9.17) is 10.5 Å². The number of nitrogens with zero attached hydrogens (tertiary/aromatic N) is 3. The maximum atomic E-state index is 12.6. The Morgan fingerprint density at radius 1 is 1.03 bits per heavy atom. The lowest BCUT2D eigenvalue weighted by Gasteiger charge is -2.10. The number of esters is 1. The fourth-order valence-electron chi connectivity index (χ4n) is 3.75. The Morgan fingerprint density at radius 3 is 2.36 bits per heavy atom. The molecule has 0 fully saturated rings. The molecule has 0 radical (unpaired) electrons. The highest BCUT2D eigenvalue weighted by molar-refractivity contribution is 6.05. The van der Waals surface area contributed by atoms with Gasteiger partial charge in [0, 0.05) is 23.1 Å². The second kappa shape index (κ2) is 8.99. The first-order valence-corrected chi connectivity index (χ1v) is 10.4. The van der Waals surface area contributed by atoms with E-state index in [2.05, 4.69) is 20.7 Å². The zero-order valence-electron chi connectivity index (χ0n) is 18.5. The van der Waals surface area contributed by atoms with Gasteiger partial charge < -0.3 is 21.1 Å². The minimum Gasteiger partial charge on any atom is -0.462 e. The smallest absolute Gasteiger partial charge is 0.340 e. The third-order valence-corrected chi connectivity index (χ3v) is 5.01. The number of carbonyl (C=O) groups is 2. The predicted octanol–water partition coefficient (Wildman–Crippen LogP) is 4.42. The Balaban J connectivity index is 1.61. The predicted molar refractivity (Wildman–Crippen MR) is 127 cm³/mol. The molecular weight excluding hydrogens is 420 g/mol. The van der Waals surface area contributed by atoms with E-state index in [1.54, 1.807) is 37.4 Å². The molecule has 168 valence electrons. The monoisotopic (exact) mass is 444 g/mol. The maximum Gasteiger partial charge on any atom is 0.340 e. The number of anilines is 3. The minimum absolute atomic E-state index is 0.240. The number of carbonyl (C=O) groups excluding carboxylic acids is 2. The summed E-state index contributed by atoms with van der Waals surface area (Å²) in [5, 5.41) is 9.80. The van der Waals surface area contributed by atoms with Crippen LogP contribution in [0.1, 0.15) is 28.4 Å². The number of hydrogen-bond acceptors (Lipinski definition) is 6. The van der Waals surface area contributed by atoms with Gasteiger partial charge in [0.25, 0.3) is 0 Å². The Kier molecular flexibility index (Phi) is 5.95. The summed E-state index contributed by atoms with van der Waals surface area (Å²) in [5.41, 5.74) is 11.6. The van der Waals surface area contributed by atoms with Gasteiger partial charge in [0.2, 0.25) is 0 Å². The first-order valence-electron chi connectivity index (χ1n) is 10.4. The standard InChI is InChI=1S/C24H24N6O3/c1-4-33-23(31)19-12-30-21(22(25)26-13-27-30)20(19)16-5-7-17(8-6-16)28-24(32)29-18-10-14(2)9-15(3)11-18/h5-13H,4H2,1-3H3,(H2,25,26,27)(H2,28,29,32). The number of nitrogens with one attached hydrogen (secondary N) is 2. The van der Waals surface area contributed by atoms with E-state index >= 15 is 0 Å². The fraction of sp³-hybridized carbons (Fsp3) is 0.167. The van der Waals surface area contributed by atoms with Gasteiger partial charge in [-0.1, -0.05) is 18.2 Å². The molecule has 0 spiro atoms. The number of urea groups is 1. The molecular formula is C24H24N6O3. The average Bonchev–Trinajstić information content (AvgIpc) is 3.15. The number of hydrogen-bond donors (Lipinski definition) is 3. The highest BCUT2D eigenvalue weighted by Crippen LogP contribution is 2.33. The Labute approximate surface area is 190 Å². The topological polar surface area (TPSA) is 124 Å². The molecule has 0 unspecified atom stereocenters. The van der Waals surface area contributed by atoms with E-state index in [0.29, 0.717) is 27.9 Å². The summed E-state index contributed by atoms with van der Waals surface area (Å²) in [4.78, 5) is 29.0. The second-order valence-electron chi connectivity index (χ2n) is 7.61. The fourth-order valence-corrected chi connectivity index (χ4v) is 3.75. The Bertz CT molecular complexity index is 1320. The van der Waals surface area contributed by atoms with Crippen molar-refractivity contribution in [2.75, 3.05) is 23.0 Å². The highest BCUT2D eigenvalue weighted by atomic mass is 16.5. The largest absolute Gasteiger partial charge is 0.462 e. The van der Waals surface area contributed by atoms with Crippen molar-refractivity contribution in [3.8, 4) is 11.1 Å². The van der Waals surface area contributed by atoms with Crippen LogP contribution in [0.2, 0.25) is 0 Å². The van der Waals surface area contributed by atoms with E-state index in [9.17, 15) is 9.59 Å². The summed E-state index contributed by atoms with van der Waals surface area (Å²) in [6, 6.07) is 12.5. The van der Waals surface area contributed by atoms with Crippen LogP contribution in [0.25, 0.3) is 16.6 Å². The number of fused-ring (bicyclic) bond motifs is 1. The van der Waals surface area contributed by atoms with Crippen LogP contribution in [0.15, 0.2) is 55.0 Å². The lowest BCUT2D eigenvalue weighted by Crippen LogP contribution is -2.19. The van der Waals surface area contributed by atoms with Crippen LogP contribution in [0, 0.1) is 13.8 Å². The molecule has 2 aromatic carbocycles. The SMILES string of the molecule is CCOC(=O)c1cn2ncnc(N)c2c1-c1ccc(NC(=O)Nc2cc(C)cc(C)c2)cc1. The first kappa shape index (κ1) is 21.8. The van der Waals surface area contributed by atoms with Crippen LogP contribution >= 0.6 is 0 Å². The number of amides is 2. The molecule has 4 rings (SSSR count). The molecule has 2 aromatic heterocycles. The summed E-state index contributed by atoms with van der Waals surface area (Å²) >= 11 is 0. The first-order chi connectivity index (χ1) is 15.9. The average molecular weight is 444 g/mol. The van der Waals surface area contributed by atoms with Crippen molar-refractivity contribution in [3.63, 3.8) is 0 Å². The van der Waals surface area contributed by atoms with E-state index in [0.717, 1.165) is 16.8 Å². The summed E-state index contributed by atoms with van der Waals surface area (Å²) in [6.45, 7) is 5.93. The third kappa shape index (κ3) is 4.62. The van der Waals surface area contributed by atoms with Gasteiger partial charge in [-0.2, -0.15) is 5.10 Å². The molecule has 4 aromatic rings. The summed E-state index contributed by atoms with van der Waals surface area (Å²) in [5.74, 6) is -0.238. The van der Waals surface area contributed by atoms with Crippen LogP contribution in [-0.2, 0) is 4.74 Å². The molecule has 9 heteroatoms. The van der Waals surface area contributed by atoms with Crippen LogP contribution in [-0.4, -0.2) is 33.2 Å². The van der Waals surface area contributed by atoms with Gasteiger partial charge in [-0.25, -0.2) is 19.1 Å². The van der Waals surface area contributed by atoms with Crippen LogP contribution in [0.4, 0.5) is 22.0 Å². The summed E-state index contributed by atoms with van der Waals surface area (Å²) in [6.07, 6.45) is 2.90. The molecule has 0 aliphatic heterocycles. The Hall–Kier alpha value is -4.40. The number of benzene rings is 2. The molecule has 0 saturated carbocycles. The molecule has 0 aliphatic carbocycles. The molecule has 9 nitrogen and oxygen atoms in total. The van der Waals surface area contributed by atoms with Crippen LogP contribution in [0.3, 0.4) is 0 Å². The Morgan fingerprint density at radius 2 is 1.70 bits per heavy atom. The van der Waals surface area contributed by atoms with Gasteiger partial charge in [-0.05, 0) is 61.7 Å². The van der Waals surface area contributed by atoms with Crippen molar-refractivity contribution in [2.45, 2.75) is 20.8 Å². The van der Waals surface area contributed by atoms with Crippen molar-refractivity contribution < 1.29 is 14.3 Å². The quantitative estimate of drug-likeness (QED) is 0.392. The lowest BCUT2D eigenvalue weighted by atomic mass is 10.0. The number of nitrogen functional groups attached to an aromatic ring is 1. The summed E-state index contributed by atoms with van der Waals surface area (Å²) in [7, 11) is 0. The second-order valence-corrected chi connectivity index (χ2v) is 7.61. The number of nitrogens with two attached hydrogens (primary N) is 1. The molecule has 0 atom stereocenters. The van der Waals surface area contributed by atoms with Gasteiger partial charge in [-0.3, -0.25) is 0 Å². The number of rotatable bonds is 5. The van der Waals surface area contributed by atoms with Gasteiger partial charge >= 0.3 is 12.0 Å². The van der Waals surface area contributed by atoms with Crippen molar-refractivity contribution >= 4 is 34.7 Å². The van der Waals surface area contributed by atoms with Crippen molar-refractivity contribution in [1.82, 2.24) is 14.6 Å². The normalized spacial score (nSPS) is 10.8. The summed E-state index contributed by atoms with van der Waals surface area (Å²) < 4.78 is 6.71. The molecule has 33 heavy (non-hydrogen) atoms. The van der Waals surface area contributed by atoms with Crippen molar-refractivity contribution in [3.05, 3.63) is 71.7 Å². The molecule has 4 N–H and O–H groups in total. The lowest BCUT2D eigenvalue weighted by molar-refractivity contribution is 0.0527. The minimum atomic E-state index is -0.479. The van der Waals surface area contributed by atoms with E-state index in [1.807, 2.05) is 32.0 Å². The molecule has 0 saturated heterocycles. The van der Waals surface area contributed by atoms with Gasteiger partial charge in [0.05, 0.1) is 12.2 Å². The number of ether oxygens (including phenoxy) is 1. The molecule has 0 bridgehead atoms. The van der Waals surface area contributed by atoms with Crippen LogP contribution in [0.5, 0.6) is 0 Å².